The molecule has 0 aromatic heterocycles. The summed E-state index contributed by atoms with van der Waals surface area (Å²) in [6, 6.07) is 0. The van der Waals surface area contributed by atoms with Gasteiger partial charge in [-0.1, -0.05) is 269 Å². The van der Waals surface area contributed by atoms with Gasteiger partial charge in [0.05, 0.1) is 19.8 Å². The van der Waals surface area contributed by atoms with E-state index in [4.69, 9.17) is 18.9 Å². The molecule has 0 aliphatic carbocycles. The van der Waals surface area contributed by atoms with Crippen LogP contribution in [-0.2, 0) is 23.7 Å². The van der Waals surface area contributed by atoms with E-state index in [0.29, 0.717) is 13.0 Å². The van der Waals surface area contributed by atoms with Gasteiger partial charge in [-0.25, -0.2) is 0 Å². The highest BCUT2D eigenvalue weighted by atomic mass is 16.7. The minimum atomic E-state index is -1.54. The van der Waals surface area contributed by atoms with E-state index in [-0.39, 0.29) is 19.2 Å². The zero-order valence-electron chi connectivity index (χ0n) is 46.0. The van der Waals surface area contributed by atoms with Crippen LogP contribution in [-0.4, -0.2) is 89.6 Å². The fraction of sp³-hybridized carbons (Fsp3) is 0.918. The minimum Gasteiger partial charge on any atom is -0.457 e. The number of unbranched alkanes of at least 4 members (excludes halogenated alkanes) is 39. The van der Waals surface area contributed by atoms with E-state index >= 15 is 0 Å². The van der Waals surface area contributed by atoms with Crippen molar-refractivity contribution < 1.29 is 44.2 Å². The van der Waals surface area contributed by atoms with Crippen LogP contribution in [0.2, 0.25) is 0 Å². The molecule has 1 rings (SSSR count). The van der Waals surface area contributed by atoms with Crippen LogP contribution in [0.1, 0.15) is 296 Å². The summed E-state index contributed by atoms with van der Waals surface area (Å²) in [5, 5.41) is 40.4. The third kappa shape index (κ3) is 42.1. The number of aliphatic hydroxyl groups excluding tert-OH is 4. The lowest BCUT2D eigenvalue weighted by atomic mass is 9.99. The van der Waals surface area contributed by atoms with Crippen molar-refractivity contribution in [3.05, 3.63) is 24.3 Å². The Morgan fingerprint density at radius 3 is 1.23 bits per heavy atom. The van der Waals surface area contributed by atoms with Gasteiger partial charge >= 0.3 is 5.97 Å². The van der Waals surface area contributed by atoms with Crippen LogP contribution in [0.3, 0.4) is 0 Å². The Bertz CT molecular complexity index is 1130. The molecule has 0 bridgehead atoms. The number of allylic oxidation sites excluding steroid dienone is 4. The summed E-state index contributed by atoms with van der Waals surface area (Å²) in [4.78, 5) is 12.9. The lowest BCUT2D eigenvalue weighted by Crippen LogP contribution is -2.59. The van der Waals surface area contributed by atoms with E-state index in [2.05, 4.69) is 38.2 Å². The summed E-state index contributed by atoms with van der Waals surface area (Å²) >= 11 is 0. The maximum Gasteiger partial charge on any atom is 0.306 e. The van der Waals surface area contributed by atoms with Crippen molar-refractivity contribution in [1.29, 1.82) is 0 Å². The van der Waals surface area contributed by atoms with E-state index < -0.39 is 43.4 Å². The van der Waals surface area contributed by atoms with Gasteiger partial charge in [0.15, 0.2) is 6.29 Å². The van der Waals surface area contributed by atoms with Gasteiger partial charge in [-0.05, 0) is 44.9 Å². The van der Waals surface area contributed by atoms with Crippen molar-refractivity contribution in [3.63, 3.8) is 0 Å². The molecule has 6 unspecified atom stereocenters. The van der Waals surface area contributed by atoms with Crippen molar-refractivity contribution in [2.75, 3.05) is 26.4 Å². The van der Waals surface area contributed by atoms with Crippen LogP contribution in [0.15, 0.2) is 24.3 Å². The van der Waals surface area contributed by atoms with Crippen LogP contribution < -0.4 is 0 Å². The molecule has 1 fully saturated rings. The molecule has 1 heterocycles. The Hall–Kier alpha value is -1.33. The van der Waals surface area contributed by atoms with E-state index in [0.717, 1.165) is 38.5 Å². The van der Waals surface area contributed by atoms with Gasteiger partial charge in [0.1, 0.15) is 30.5 Å². The number of esters is 1. The summed E-state index contributed by atoms with van der Waals surface area (Å²) in [6.07, 6.45) is 58.0. The Morgan fingerprint density at radius 2 is 0.829 bits per heavy atom. The first-order chi connectivity index (χ1) is 34.4. The Kier molecular flexibility index (Phi) is 50.0. The number of rotatable bonds is 54. The average molecular weight is 994 g/mol. The summed E-state index contributed by atoms with van der Waals surface area (Å²) in [5.41, 5.74) is 0. The largest absolute Gasteiger partial charge is 0.457 e. The van der Waals surface area contributed by atoms with Crippen LogP contribution in [0.4, 0.5) is 0 Å². The predicted octanol–water partition coefficient (Wildman–Crippen LogP) is 16.0. The molecule has 9 nitrogen and oxygen atoms in total. The molecule has 70 heavy (non-hydrogen) atoms. The SMILES string of the molecule is CCCCCCC/C=C\C/C=C\CCCCCCCCCCCCCCOCC(COC1OC(CO)C(O)C(O)C1O)OC(=O)CCCCCCCCCCCCCCCCCCCCCCCCC. The molecule has 6 atom stereocenters. The molecule has 414 valence electrons. The molecule has 0 saturated carbocycles. The standard InChI is InChI=1S/C61H116O9/c1-3-5-7-9-11-13-15-17-19-21-23-25-27-29-31-33-35-37-39-41-43-45-47-49-51-67-53-55(54-68-61-60(66)59(65)58(64)56(52-62)70-61)69-57(63)50-48-46-44-42-40-38-36-34-32-30-28-26-24-22-20-18-16-14-12-10-8-6-4-2/h15,17,21,23,55-56,58-62,64-66H,3-14,16,18-20,22,24-54H2,1-2H3/b17-15-,23-21-. The lowest BCUT2D eigenvalue weighted by Gasteiger charge is -2.39. The smallest absolute Gasteiger partial charge is 0.306 e. The summed E-state index contributed by atoms with van der Waals surface area (Å²) in [7, 11) is 0. The molecule has 9 heteroatoms. The Labute approximate surface area is 432 Å². The molecule has 1 saturated heterocycles. The average Bonchev–Trinajstić information content (AvgIpc) is 3.36. The van der Waals surface area contributed by atoms with Crippen molar-refractivity contribution in [2.45, 2.75) is 333 Å². The normalized spacial score (nSPS) is 19.0. The Balaban J connectivity index is 2.12. The highest BCUT2D eigenvalue weighted by Crippen LogP contribution is 2.23. The molecular formula is C61H116O9. The predicted molar refractivity (Wildman–Crippen MR) is 293 cm³/mol. The minimum absolute atomic E-state index is 0.109. The van der Waals surface area contributed by atoms with Crippen molar-refractivity contribution in [1.82, 2.24) is 0 Å². The Morgan fingerprint density at radius 1 is 0.457 bits per heavy atom. The van der Waals surface area contributed by atoms with Crippen molar-refractivity contribution >= 4 is 5.97 Å². The van der Waals surface area contributed by atoms with Gasteiger partial charge in [-0.3, -0.25) is 4.79 Å². The monoisotopic (exact) mass is 993 g/mol. The first kappa shape index (κ1) is 66.7. The fourth-order valence-corrected chi connectivity index (χ4v) is 9.64. The van der Waals surface area contributed by atoms with Gasteiger partial charge in [0, 0.05) is 13.0 Å². The molecule has 1 aliphatic heterocycles. The fourth-order valence-electron chi connectivity index (χ4n) is 9.64. The second-order valence-electron chi connectivity index (χ2n) is 21.2. The molecule has 1 aliphatic rings. The zero-order valence-corrected chi connectivity index (χ0v) is 46.0. The first-order valence-electron chi connectivity index (χ1n) is 30.4. The number of aliphatic hydroxyl groups is 4. The second-order valence-corrected chi connectivity index (χ2v) is 21.2. The van der Waals surface area contributed by atoms with E-state index in [1.807, 2.05) is 0 Å². The van der Waals surface area contributed by atoms with Crippen LogP contribution >= 0.6 is 0 Å². The van der Waals surface area contributed by atoms with Crippen LogP contribution in [0, 0.1) is 0 Å². The molecule has 0 spiro atoms. The second kappa shape index (κ2) is 52.5. The van der Waals surface area contributed by atoms with E-state index in [1.54, 1.807) is 0 Å². The number of ether oxygens (including phenoxy) is 4. The lowest BCUT2D eigenvalue weighted by molar-refractivity contribution is -0.305. The van der Waals surface area contributed by atoms with Crippen molar-refractivity contribution in [2.24, 2.45) is 0 Å². The molecular weight excluding hydrogens is 877 g/mol. The number of carbonyl (C=O) groups is 1. The highest BCUT2D eigenvalue weighted by Gasteiger charge is 2.44. The van der Waals surface area contributed by atoms with Crippen molar-refractivity contribution in [3.8, 4) is 0 Å². The molecule has 4 N–H and O–H groups in total. The summed E-state index contributed by atoms with van der Waals surface area (Å²) in [5.74, 6) is -0.306. The van der Waals surface area contributed by atoms with Gasteiger partial charge in [-0.15, -0.1) is 0 Å². The zero-order chi connectivity index (χ0) is 50.6. The topological polar surface area (TPSA) is 135 Å². The van der Waals surface area contributed by atoms with E-state index in [1.165, 1.54) is 238 Å². The third-order valence-corrected chi connectivity index (χ3v) is 14.4. The van der Waals surface area contributed by atoms with Gasteiger partial charge in [0.2, 0.25) is 0 Å². The third-order valence-electron chi connectivity index (χ3n) is 14.4. The maximum absolute atomic E-state index is 12.9. The van der Waals surface area contributed by atoms with Crippen LogP contribution in [0.25, 0.3) is 0 Å². The number of hydrogen-bond donors (Lipinski definition) is 4. The molecule has 0 radical (unpaired) electrons. The maximum atomic E-state index is 12.9. The van der Waals surface area contributed by atoms with Gasteiger partial charge in [0.25, 0.3) is 0 Å². The summed E-state index contributed by atoms with van der Waals surface area (Å²) in [6.45, 7) is 4.61. The van der Waals surface area contributed by atoms with Gasteiger partial charge in [-0.2, -0.15) is 0 Å². The summed E-state index contributed by atoms with van der Waals surface area (Å²) < 4.78 is 23.0. The highest BCUT2D eigenvalue weighted by molar-refractivity contribution is 5.69. The molecule has 0 aromatic carbocycles. The quantitative estimate of drug-likeness (QED) is 0.0267. The van der Waals surface area contributed by atoms with Gasteiger partial charge < -0.3 is 39.4 Å². The van der Waals surface area contributed by atoms with Crippen LogP contribution in [0.5, 0.6) is 0 Å². The van der Waals surface area contributed by atoms with E-state index in [9.17, 15) is 25.2 Å². The number of hydrogen-bond acceptors (Lipinski definition) is 9. The first-order valence-corrected chi connectivity index (χ1v) is 30.4. The molecule has 0 amide bonds. The number of carbonyl (C=O) groups excluding carboxylic acids is 1. The molecule has 0 aromatic rings.